The lowest BCUT2D eigenvalue weighted by Crippen LogP contribution is -2.24. The molecule has 1 amide bonds. The van der Waals surface area contributed by atoms with Crippen LogP contribution in [0.15, 0.2) is 92.3 Å². The first-order chi connectivity index (χ1) is 16.5. The number of carbonyl (C=O) groups excluding carboxylic acids is 1. The maximum absolute atomic E-state index is 13.2. The van der Waals surface area contributed by atoms with Crippen molar-refractivity contribution in [3.63, 3.8) is 0 Å². The highest BCUT2D eigenvalue weighted by Gasteiger charge is 2.14. The molecule has 1 heterocycles. The Balaban J connectivity index is 1.50. The molecule has 1 N–H and O–H groups in total. The third kappa shape index (κ3) is 5.73. The number of hydrazone groups is 1. The van der Waals surface area contributed by atoms with Gasteiger partial charge in [0.1, 0.15) is 5.75 Å². The van der Waals surface area contributed by atoms with Gasteiger partial charge in [-0.2, -0.15) is 5.10 Å². The first-order valence-corrected chi connectivity index (χ1v) is 12.3. The van der Waals surface area contributed by atoms with Gasteiger partial charge in [0.2, 0.25) is 0 Å². The van der Waals surface area contributed by atoms with E-state index >= 15 is 0 Å². The van der Waals surface area contributed by atoms with Gasteiger partial charge in [0.25, 0.3) is 11.5 Å². The third-order valence-electron chi connectivity index (χ3n) is 4.76. The molecule has 0 spiro atoms. The van der Waals surface area contributed by atoms with E-state index in [9.17, 15) is 9.59 Å². The summed E-state index contributed by atoms with van der Waals surface area (Å²) in [4.78, 5) is 30.3. The number of thioether (sulfide) groups is 1. The summed E-state index contributed by atoms with van der Waals surface area (Å²) < 4.78 is 7.83. The zero-order chi connectivity index (χ0) is 23.9. The van der Waals surface area contributed by atoms with Crippen LogP contribution in [0.2, 0.25) is 0 Å². The smallest absolute Gasteiger partial charge is 0.266 e. The van der Waals surface area contributed by atoms with E-state index in [0.717, 1.165) is 15.8 Å². The minimum atomic E-state index is -0.308. The highest BCUT2D eigenvalue weighted by molar-refractivity contribution is 9.10. The van der Waals surface area contributed by atoms with Crippen LogP contribution in [0.4, 0.5) is 0 Å². The minimum absolute atomic E-state index is 0.0436. The number of nitrogens with one attached hydrogen (secondary N) is 1. The van der Waals surface area contributed by atoms with Gasteiger partial charge in [-0.3, -0.25) is 14.2 Å². The number of hydrogen-bond donors (Lipinski definition) is 1. The van der Waals surface area contributed by atoms with E-state index in [0.29, 0.717) is 28.4 Å². The average Bonchev–Trinajstić information content (AvgIpc) is 2.85. The van der Waals surface area contributed by atoms with Crippen molar-refractivity contribution in [3.05, 3.63) is 93.2 Å². The maximum atomic E-state index is 13.2. The van der Waals surface area contributed by atoms with E-state index in [2.05, 4.69) is 31.4 Å². The molecule has 0 unspecified atom stereocenters. The van der Waals surface area contributed by atoms with Crippen molar-refractivity contribution in [1.29, 1.82) is 0 Å². The first kappa shape index (κ1) is 23.7. The summed E-state index contributed by atoms with van der Waals surface area (Å²) in [5.41, 5.74) is 4.41. The molecule has 172 valence electrons. The Bertz CT molecular complexity index is 1390. The number of ether oxygens (including phenoxy) is 1. The number of aromatic nitrogens is 2. The van der Waals surface area contributed by atoms with Gasteiger partial charge in [0.15, 0.2) is 5.16 Å². The fourth-order valence-electron chi connectivity index (χ4n) is 3.18. The van der Waals surface area contributed by atoms with Crippen LogP contribution in [-0.4, -0.2) is 34.0 Å². The van der Waals surface area contributed by atoms with Crippen molar-refractivity contribution in [2.75, 3.05) is 12.4 Å². The summed E-state index contributed by atoms with van der Waals surface area (Å²) in [6.45, 7) is 2.53. The lowest BCUT2D eigenvalue weighted by molar-refractivity contribution is -0.118. The summed E-state index contributed by atoms with van der Waals surface area (Å²) in [7, 11) is 0. The number of nitrogens with zero attached hydrogens (tertiary/aromatic N) is 3. The molecule has 3 aromatic carbocycles. The summed E-state index contributed by atoms with van der Waals surface area (Å²) in [5.74, 6) is 0.513. The lowest BCUT2D eigenvalue weighted by atomic mass is 10.2. The first-order valence-electron chi connectivity index (χ1n) is 10.5. The van der Waals surface area contributed by atoms with E-state index in [1.807, 2.05) is 61.5 Å². The monoisotopic (exact) mass is 536 g/mol. The van der Waals surface area contributed by atoms with Crippen molar-refractivity contribution in [2.24, 2.45) is 5.10 Å². The topological polar surface area (TPSA) is 85.6 Å². The molecule has 4 rings (SSSR count). The molecular weight excluding hydrogens is 516 g/mol. The van der Waals surface area contributed by atoms with Crippen molar-refractivity contribution in [2.45, 2.75) is 12.1 Å². The average molecular weight is 537 g/mol. The minimum Gasteiger partial charge on any atom is -0.494 e. The second kappa shape index (κ2) is 11.1. The predicted octanol–water partition coefficient (Wildman–Crippen LogP) is 4.79. The number of carbonyl (C=O) groups is 1. The molecule has 9 heteroatoms. The molecule has 4 aromatic rings. The van der Waals surface area contributed by atoms with E-state index < -0.39 is 0 Å². The van der Waals surface area contributed by atoms with Crippen LogP contribution in [0.3, 0.4) is 0 Å². The van der Waals surface area contributed by atoms with Gasteiger partial charge < -0.3 is 4.74 Å². The SMILES string of the molecule is CCOc1ccc(/C=N\NC(=O)CSc2nc3ccccc3c(=O)n2-c2ccc(Br)cc2)cc1. The molecule has 34 heavy (non-hydrogen) atoms. The molecule has 7 nitrogen and oxygen atoms in total. The molecule has 0 atom stereocenters. The lowest BCUT2D eigenvalue weighted by Gasteiger charge is -2.13. The van der Waals surface area contributed by atoms with E-state index in [4.69, 9.17) is 4.74 Å². The maximum Gasteiger partial charge on any atom is 0.266 e. The molecule has 0 aliphatic rings. The number of rotatable bonds is 8. The number of amides is 1. The number of halogens is 1. The molecule has 0 radical (unpaired) electrons. The van der Waals surface area contributed by atoms with E-state index in [1.54, 1.807) is 24.4 Å². The zero-order valence-corrected chi connectivity index (χ0v) is 20.7. The molecule has 0 saturated carbocycles. The Hall–Kier alpha value is -3.43. The van der Waals surface area contributed by atoms with Crippen molar-refractivity contribution in [3.8, 4) is 11.4 Å². The zero-order valence-electron chi connectivity index (χ0n) is 18.3. The van der Waals surface area contributed by atoms with Crippen LogP contribution >= 0.6 is 27.7 Å². The standard InChI is InChI=1S/C25H21BrN4O3S/c1-2-33-20-13-7-17(8-14-20)15-27-29-23(31)16-34-25-28-22-6-4-3-5-21(22)24(32)30(25)19-11-9-18(26)10-12-19/h3-15H,2,16H2,1H3,(H,29,31)/b27-15-. The Kier molecular flexibility index (Phi) is 7.76. The van der Waals surface area contributed by atoms with Gasteiger partial charge in [0, 0.05) is 4.47 Å². The van der Waals surface area contributed by atoms with Crippen molar-refractivity contribution < 1.29 is 9.53 Å². The largest absolute Gasteiger partial charge is 0.494 e. The molecule has 0 aliphatic heterocycles. The summed E-state index contributed by atoms with van der Waals surface area (Å²) in [6, 6.07) is 21.9. The van der Waals surface area contributed by atoms with Gasteiger partial charge in [-0.25, -0.2) is 10.4 Å². The van der Waals surface area contributed by atoms with Crippen molar-refractivity contribution in [1.82, 2.24) is 15.0 Å². The van der Waals surface area contributed by atoms with Gasteiger partial charge in [0.05, 0.1) is 35.2 Å². The second-order valence-electron chi connectivity index (χ2n) is 7.11. The fourth-order valence-corrected chi connectivity index (χ4v) is 4.25. The fraction of sp³-hybridized carbons (Fsp3) is 0.120. The van der Waals surface area contributed by atoms with Crippen molar-refractivity contribution >= 4 is 50.7 Å². The van der Waals surface area contributed by atoms with Crippen LogP contribution in [0, 0.1) is 0 Å². The molecule has 0 saturated heterocycles. The quantitative estimate of drug-likeness (QED) is 0.151. The molecule has 0 fully saturated rings. The number of benzene rings is 3. The Labute approximate surface area is 209 Å². The number of para-hydroxylation sites is 1. The van der Waals surface area contributed by atoms with E-state index in [1.165, 1.54) is 16.3 Å². The van der Waals surface area contributed by atoms with Crippen LogP contribution in [-0.2, 0) is 4.79 Å². The van der Waals surface area contributed by atoms with Gasteiger partial charge in [-0.1, -0.05) is 39.8 Å². The van der Waals surface area contributed by atoms with Gasteiger partial charge in [-0.05, 0) is 73.2 Å². The van der Waals surface area contributed by atoms with Crippen LogP contribution in [0.25, 0.3) is 16.6 Å². The molecule has 0 bridgehead atoms. The van der Waals surface area contributed by atoms with E-state index in [-0.39, 0.29) is 17.2 Å². The predicted molar refractivity (Wildman–Crippen MR) is 139 cm³/mol. The Morgan fingerprint density at radius 2 is 1.85 bits per heavy atom. The molecular formula is C25H21BrN4O3S. The Morgan fingerprint density at radius 1 is 1.12 bits per heavy atom. The number of fused-ring (bicyclic) bond motifs is 1. The van der Waals surface area contributed by atoms with Crippen LogP contribution in [0.1, 0.15) is 12.5 Å². The summed E-state index contributed by atoms with van der Waals surface area (Å²) >= 11 is 4.59. The normalized spacial score (nSPS) is 11.1. The van der Waals surface area contributed by atoms with Gasteiger partial charge in [-0.15, -0.1) is 0 Å². The van der Waals surface area contributed by atoms with Crippen LogP contribution in [0.5, 0.6) is 5.75 Å². The second-order valence-corrected chi connectivity index (χ2v) is 8.97. The summed E-state index contributed by atoms with van der Waals surface area (Å²) in [5, 5.41) is 4.96. The summed E-state index contributed by atoms with van der Waals surface area (Å²) in [6.07, 6.45) is 1.56. The van der Waals surface area contributed by atoms with Gasteiger partial charge >= 0.3 is 0 Å². The Morgan fingerprint density at radius 3 is 2.59 bits per heavy atom. The highest BCUT2D eigenvalue weighted by atomic mass is 79.9. The highest BCUT2D eigenvalue weighted by Crippen LogP contribution is 2.22. The third-order valence-corrected chi connectivity index (χ3v) is 6.22. The number of hydrogen-bond acceptors (Lipinski definition) is 6. The molecule has 1 aromatic heterocycles. The van der Waals surface area contributed by atoms with Crippen LogP contribution < -0.4 is 15.7 Å². The molecule has 0 aliphatic carbocycles.